The number of benzene rings is 6. The summed E-state index contributed by atoms with van der Waals surface area (Å²) in [5, 5.41) is 26.2. The number of sulfone groups is 2. The summed E-state index contributed by atoms with van der Waals surface area (Å²) in [6.45, 7) is 0.489. The molecule has 0 aliphatic rings. The average molecular weight is 1220 g/mol. The summed E-state index contributed by atoms with van der Waals surface area (Å²) in [5.74, 6) is -1.19. The fourth-order valence-corrected chi connectivity index (χ4v) is 11.5. The lowest BCUT2D eigenvalue weighted by Gasteiger charge is -2.17. The van der Waals surface area contributed by atoms with Crippen LogP contribution in [0.1, 0.15) is 91.4 Å². The van der Waals surface area contributed by atoms with Gasteiger partial charge in [-0.25, -0.2) is 25.6 Å². The Kier molecular flexibility index (Phi) is 20.0. The molecule has 2 atom stereocenters. The van der Waals surface area contributed by atoms with E-state index in [2.05, 4.69) is 10.6 Å². The van der Waals surface area contributed by atoms with Crippen LogP contribution in [-0.2, 0) is 58.0 Å². The molecule has 0 saturated carbocycles. The molecule has 2 aromatic heterocycles. The van der Waals surface area contributed by atoms with Crippen LogP contribution >= 0.6 is 23.2 Å². The largest absolute Gasteiger partial charge is 0.416 e. The molecule has 8 aromatic rings. The average Bonchev–Trinajstić information content (AvgIpc) is 4.22. The number of hydrogen-bond acceptors (Lipinski definition) is 8. The molecule has 8 rings (SSSR count). The van der Waals surface area contributed by atoms with Crippen LogP contribution in [-0.4, -0.2) is 86.1 Å². The Labute approximate surface area is 477 Å². The number of carbonyl (C=O) groups excluding carboxylic acids is 2. The van der Waals surface area contributed by atoms with E-state index in [0.29, 0.717) is 44.3 Å². The lowest BCUT2D eigenvalue weighted by atomic mass is 10.0. The summed E-state index contributed by atoms with van der Waals surface area (Å²) in [4.78, 5) is 26.4. The molecule has 24 heteroatoms. The van der Waals surface area contributed by atoms with Crippen LogP contribution in [0.5, 0.6) is 0 Å². The fraction of sp³-hybridized carbons (Fsp3) is 0.276. The number of aryl methyl sites for hydroxylation is 2. The number of aliphatic hydroxyl groups is 2. The molecule has 0 radical (unpaired) electrons. The minimum absolute atomic E-state index is 0.0219. The van der Waals surface area contributed by atoms with E-state index in [1.807, 2.05) is 0 Å². The lowest BCUT2D eigenvalue weighted by Crippen LogP contribution is -2.30. The highest BCUT2D eigenvalue weighted by Gasteiger charge is 2.35. The minimum Gasteiger partial charge on any atom is -0.394 e. The number of amides is 2. The predicted octanol–water partition coefficient (Wildman–Crippen LogP) is 12.3. The molecule has 82 heavy (non-hydrogen) atoms. The zero-order valence-corrected chi connectivity index (χ0v) is 46.9. The maximum absolute atomic E-state index is 13.7. The van der Waals surface area contributed by atoms with Gasteiger partial charge in [-0.2, -0.15) is 26.3 Å². The molecule has 0 saturated heterocycles. The van der Waals surface area contributed by atoms with Gasteiger partial charge in [0.1, 0.15) is 13.3 Å². The van der Waals surface area contributed by atoms with Gasteiger partial charge >= 0.3 is 12.4 Å². The van der Waals surface area contributed by atoms with Gasteiger partial charge in [0, 0.05) is 67.2 Å². The molecule has 0 bridgehead atoms. The van der Waals surface area contributed by atoms with Crippen molar-refractivity contribution in [2.75, 3.05) is 38.1 Å². The van der Waals surface area contributed by atoms with Gasteiger partial charge in [0.15, 0.2) is 19.7 Å². The van der Waals surface area contributed by atoms with Gasteiger partial charge in [-0.3, -0.25) is 9.59 Å². The fourth-order valence-electron chi connectivity index (χ4n) is 9.35. The van der Waals surface area contributed by atoms with Crippen LogP contribution in [0.2, 0.25) is 10.0 Å². The molecular formula is C58H54Cl2F8N4O8S2. The van der Waals surface area contributed by atoms with E-state index in [1.165, 1.54) is 98.8 Å². The molecule has 2 amide bonds. The predicted molar refractivity (Wildman–Crippen MR) is 297 cm³/mol. The third-order valence-electron chi connectivity index (χ3n) is 13.6. The number of aromatic nitrogens is 2. The van der Waals surface area contributed by atoms with Crippen LogP contribution in [0.15, 0.2) is 143 Å². The van der Waals surface area contributed by atoms with Gasteiger partial charge in [0.2, 0.25) is 0 Å². The molecule has 12 nitrogen and oxygen atoms in total. The first-order valence-electron chi connectivity index (χ1n) is 25.3. The zero-order chi connectivity index (χ0) is 59.9. The van der Waals surface area contributed by atoms with E-state index >= 15 is 0 Å². The number of fused-ring (bicyclic) bond motifs is 2. The third kappa shape index (κ3) is 14.7. The topological polar surface area (TPSA) is 177 Å². The second-order valence-electron chi connectivity index (χ2n) is 18.8. The van der Waals surface area contributed by atoms with Crippen LogP contribution in [0.4, 0.5) is 35.1 Å². The Hall–Kier alpha value is -6.82. The number of carbonyl (C=O) groups is 2. The van der Waals surface area contributed by atoms with Gasteiger partial charge in [-0.1, -0.05) is 73.4 Å². The van der Waals surface area contributed by atoms with Crippen molar-refractivity contribution < 1.29 is 71.8 Å². The quantitative estimate of drug-likeness (QED) is 0.0545. The summed E-state index contributed by atoms with van der Waals surface area (Å²) in [6.07, 6.45) is -9.54. The van der Waals surface area contributed by atoms with Gasteiger partial charge in [-0.15, -0.1) is 0 Å². The summed E-state index contributed by atoms with van der Waals surface area (Å²) in [6, 6.07) is 29.6. The van der Waals surface area contributed by atoms with Crippen molar-refractivity contribution >= 4 is 76.5 Å². The summed E-state index contributed by atoms with van der Waals surface area (Å²) >= 11 is 11.6. The number of halogens is 10. The molecular weight excluding hydrogens is 1170 g/mol. The Morgan fingerprint density at radius 2 is 0.878 bits per heavy atom. The SMILES string of the molecule is CCS(=O)(=O)c1ccc([C@@H](CO)NC(=O)c2ccc3c(c2)cc(Cc2ccc(Cl)cc2C(F)(F)F)n3CCF)cc1.CCS(=O)(=O)c1ccc([C@H](CO)NC(=O)c2ccc3c(c2)cc(Cc2ccc(Cl)cc2C(F)(F)F)n3CCF)cc1. The molecule has 6 aromatic carbocycles. The van der Waals surface area contributed by atoms with E-state index in [0.717, 1.165) is 12.1 Å². The van der Waals surface area contributed by atoms with Crippen LogP contribution in [0.25, 0.3) is 21.8 Å². The van der Waals surface area contributed by atoms with Crippen molar-refractivity contribution in [3.8, 4) is 0 Å². The highest BCUT2D eigenvalue weighted by molar-refractivity contribution is 7.91. The Morgan fingerprint density at radius 1 is 0.524 bits per heavy atom. The molecule has 0 aliphatic carbocycles. The Morgan fingerprint density at radius 3 is 1.18 bits per heavy atom. The van der Waals surface area contributed by atoms with Crippen molar-refractivity contribution in [2.24, 2.45) is 0 Å². The summed E-state index contributed by atoms with van der Waals surface area (Å²) in [7, 11) is -6.82. The van der Waals surface area contributed by atoms with Crippen molar-refractivity contribution in [1.82, 2.24) is 19.8 Å². The molecule has 0 fully saturated rings. The molecule has 2 heterocycles. The van der Waals surface area contributed by atoms with E-state index in [1.54, 1.807) is 45.5 Å². The smallest absolute Gasteiger partial charge is 0.394 e. The van der Waals surface area contributed by atoms with E-state index in [4.69, 9.17) is 23.2 Å². The number of alkyl halides is 8. The zero-order valence-electron chi connectivity index (χ0n) is 43.8. The monoisotopic (exact) mass is 1220 g/mol. The van der Waals surface area contributed by atoms with Crippen molar-refractivity contribution in [1.29, 1.82) is 0 Å². The highest BCUT2D eigenvalue weighted by Crippen LogP contribution is 2.38. The van der Waals surface area contributed by atoms with Gasteiger partial charge in [0.25, 0.3) is 11.8 Å². The molecule has 4 N–H and O–H groups in total. The van der Waals surface area contributed by atoms with Crippen LogP contribution < -0.4 is 10.6 Å². The first kappa shape index (κ1) is 62.8. The summed E-state index contributed by atoms with van der Waals surface area (Å²) < 4.78 is 160. The number of nitrogens with zero attached hydrogens (tertiary/aromatic N) is 2. The number of aliphatic hydroxyl groups excluding tert-OH is 2. The first-order chi connectivity index (χ1) is 38.7. The molecule has 0 aliphatic heterocycles. The Balaban J connectivity index is 0.000000236. The lowest BCUT2D eigenvalue weighted by molar-refractivity contribution is -0.139. The second-order valence-corrected chi connectivity index (χ2v) is 24.2. The van der Waals surface area contributed by atoms with Crippen LogP contribution in [0.3, 0.4) is 0 Å². The minimum atomic E-state index is -4.63. The number of rotatable bonds is 20. The summed E-state index contributed by atoms with van der Waals surface area (Å²) in [5.41, 5.74) is 1.57. The highest BCUT2D eigenvalue weighted by atomic mass is 35.5. The van der Waals surface area contributed by atoms with Gasteiger partial charge in [-0.05, 0) is 119 Å². The van der Waals surface area contributed by atoms with Crippen molar-refractivity contribution in [2.45, 2.75) is 74.0 Å². The number of nitrogens with one attached hydrogen (secondary N) is 2. The molecule has 0 spiro atoms. The maximum Gasteiger partial charge on any atom is 0.416 e. The number of hydrogen-bond donors (Lipinski definition) is 4. The third-order valence-corrected chi connectivity index (χ3v) is 17.6. The van der Waals surface area contributed by atoms with Crippen molar-refractivity contribution in [3.63, 3.8) is 0 Å². The maximum atomic E-state index is 13.7. The second kappa shape index (κ2) is 26.2. The molecule has 0 unspecified atom stereocenters. The first-order valence-corrected chi connectivity index (χ1v) is 29.4. The normalized spacial score (nSPS) is 13.0. The van der Waals surface area contributed by atoms with E-state index in [-0.39, 0.29) is 79.5 Å². The van der Waals surface area contributed by atoms with Gasteiger partial charge < -0.3 is 30.0 Å². The Bertz CT molecular complexity index is 3590. The van der Waals surface area contributed by atoms with Crippen LogP contribution in [0, 0.1) is 0 Å². The van der Waals surface area contributed by atoms with Crippen molar-refractivity contribution in [3.05, 3.63) is 199 Å². The molecule has 436 valence electrons. The standard InChI is InChI=1S/2C29H27ClF4N2O4S/c2*1-2-41(39,40)24-8-4-18(5-9-24)26(17-37)35-28(38)20-6-10-27-21(13-20)15-23(36(27)12-11-31)14-19-3-7-22(30)16-25(19)29(32,33)34/h2*3-10,13,15-16,26,37H,2,11-12,14,17H2,1H3,(H,35,38)/t2*26-/m10/s1. The van der Waals surface area contributed by atoms with E-state index in [9.17, 15) is 71.8 Å². The van der Waals surface area contributed by atoms with Gasteiger partial charge in [0.05, 0.1) is 70.8 Å². The van der Waals surface area contributed by atoms with E-state index < -0.39 is 93.6 Å².